The number of hydrogen-bond acceptors (Lipinski definition) is 6. The van der Waals surface area contributed by atoms with Gasteiger partial charge < -0.3 is 15.2 Å². The zero-order chi connectivity index (χ0) is 21.6. The van der Waals surface area contributed by atoms with Crippen molar-refractivity contribution in [3.8, 4) is 34.6 Å². The number of aromatic nitrogens is 2. The van der Waals surface area contributed by atoms with Gasteiger partial charge in [0.05, 0.1) is 5.56 Å². The molecule has 0 saturated carbocycles. The number of fused-ring (bicyclic) bond motifs is 4. The van der Waals surface area contributed by atoms with Crippen molar-refractivity contribution >= 4 is 6.02 Å². The number of hydrogen-bond donors (Lipinski definition) is 1. The van der Waals surface area contributed by atoms with Crippen molar-refractivity contribution in [1.29, 1.82) is 0 Å². The van der Waals surface area contributed by atoms with Crippen LogP contribution in [-0.4, -0.2) is 22.6 Å². The third-order valence-electron chi connectivity index (χ3n) is 5.24. The summed E-state index contributed by atoms with van der Waals surface area (Å²) in [6, 6.07) is 11.9. The molecule has 31 heavy (non-hydrogen) atoms. The van der Waals surface area contributed by atoms with Crippen LogP contribution in [0.1, 0.15) is 37.5 Å². The van der Waals surface area contributed by atoms with Crippen LogP contribution >= 0.6 is 0 Å². The van der Waals surface area contributed by atoms with E-state index in [0.717, 1.165) is 27.8 Å². The van der Waals surface area contributed by atoms with Gasteiger partial charge in [-0.25, -0.2) is 9.98 Å². The summed E-state index contributed by atoms with van der Waals surface area (Å²) in [6.07, 6.45) is 5.32. The first-order valence-electron chi connectivity index (χ1n) is 10.1. The Morgan fingerprint density at radius 3 is 2.65 bits per heavy atom. The van der Waals surface area contributed by atoms with Crippen LogP contribution < -0.4 is 10.5 Å². The Labute approximate surface area is 181 Å². The number of rotatable bonds is 1. The standard InChI is InChI=1S/C25H22N4O2/c1-24(2,3)9-8-16-6-7-21-19(11-16)25(15-30-23(26)29-25)20-12-18(14-28-22(20)31-21)17-5-4-10-27-13-17/h4-7,10-14H,15H2,1-3H3,(H2,26,29)/t25-/m1/s1. The molecule has 3 aromatic rings. The second-order valence-electron chi connectivity index (χ2n) is 8.73. The lowest BCUT2D eigenvalue weighted by molar-refractivity contribution is 0.262. The summed E-state index contributed by atoms with van der Waals surface area (Å²) in [5, 5.41) is 0. The minimum atomic E-state index is -0.836. The van der Waals surface area contributed by atoms with E-state index >= 15 is 0 Å². The molecular weight excluding hydrogens is 388 g/mol. The van der Waals surface area contributed by atoms with Gasteiger partial charge in [0, 0.05) is 46.3 Å². The van der Waals surface area contributed by atoms with Crippen LogP contribution in [0.5, 0.6) is 11.6 Å². The summed E-state index contributed by atoms with van der Waals surface area (Å²) < 4.78 is 11.8. The van der Waals surface area contributed by atoms with Gasteiger partial charge in [-0.05, 0) is 51.1 Å². The SMILES string of the molecule is CC(C)(C)C#Cc1ccc2c(c1)[C@]1(COC(N)=N1)c1cc(-c3cccnc3)cnc1O2. The first-order valence-corrected chi connectivity index (χ1v) is 10.1. The van der Waals surface area contributed by atoms with Crippen molar-refractivity contribution in [2.24, 2.45) is 16.1 Å². The average molecular weight is 410 g/mol. The van der Waals surface area contributed by atoms with Gasteiger partial charge in [-0.3, -0.25) is 4.98 Å². The van der Waals surface area contributed by atoms with Gasteiger partial charge in [0.2, 0.25) is 5.88 Å². The molecule has 2 aromatic heterocycles. The lowest BCUT2D eigenvalue weighted by Gasteiger charge is -2.33. The monoisotopic (exact) mass is 410 g/mol. The van der Waals surface area contributed by atoms with Crippen LogP contribution in [0.15, 0.2) is 60.0 Å². The maximum atomic E-state index is 6.15. The fourth-order valence-corrected chi connectivity index (χ4v) is 3.76. The Bertz CT molecular complexity index is 1270. The molecule has 6 heteroatoms. The number of ether oxygens (including phenoxy) is 2. The van der Waals surface area contributed by atoms with Gasteiger partial charge in [-0.1, -0.05) is 17.9 Å². The maximum absolute atomic E-state index is 6.15. The van der Waals surface area contributed by atoms with Crippen LogP contribution in [-0.2, 0) is 10.3 Å². The molecule has 0 radical (unpaired) electrons. The molecule has 0 bridgehead atoms. The van der Waals surface area contributed by atoms with Gasteiger partial charge in [0.1, 0.15) is 12.4 Å². The van der Waals surface area contributed by atoms with Gasteiger partial charge in [0.15, 0.2) is 5.54 Å². The molecule has 0 fully saturated rings. The number of benzene rings is 1. The van der Waals surface area contributed by atoms with E-state index in [9.17, 15) is 0 Å². The van der Waals surface area contributed by atoms with E-state index in [1.807, 2.05) is 36.4 Å². The van der Waals surface area contributed by atoms with Gasteiger partial charge >= 0.3 is 0 Å². The third kappa shape index (κ3) is 3.38. The third-order valence-corrected chi connectivity index (χ3v) is 5.24. The Kier molecular flexibility index (Phi) is 4.23. The van der Waals surface area contributed by atoms with Crippen molar-refractivity contribution < 1.29 is 9.47 Å². The highest BCUT2D eigenvalue weighted by atomic mass is 16.5. The summed E-state index contributed by atoms with van der Waals surface area (Å²) in [5.41, 5.74) is 9.49. The fourth-order valence-electron chi connectivity index (χ4n) is 3.76. The number of amidine groups is 1. The maximum Gasteiger partial charge on any atom is 0.283 e. The molecule has 2 aliphatic heterocycles. The van der Waals surface area contributed by atoms with Crippen LogP contribution in [0, 0.1) is 17.3 Å². The predicted molar refractivity (Wildman–Crippen MR) is 119 cm³/mol. The largest absolute Gasteiger partial charge is 0.462 e. The molecule has 154 valence electrons. The summed E-state index contributed by atoms with van der Waals surface area (Å²) in [5.74, 6) is 7.72. The molecule has 0 saturated heterocycles. The number of pyridine rings is 2. The van der Waals surface area contributed by atoms with Gasteiger partial charge in [-0.15, -0.1) is 0 Å². The molecule has 6 nitrogen and oxygen atoms in total. The van der Waals surface area contributed by atoms with Crippen LogP contribution in [0.3, 0.4) is 0 Å². The molecule has 0 unspecified atom stereocenters. The topological polar surface area (TPSA) is 82.6 Å². The lowest BCUT2D eigenvalue weighted by atomic mass is 9.81. The first kappa shape index (κ1) is 19.1. The zero-order valence-corrected chi connectivity index (χ0v) is 17.6. The van der Waals surface area contributed by atoms with Crippen LogP contribution in [0.4, 0.5) is 0 Å². The van der Waals surface area contributed by atoms with E-state index in [4.69, 9.17) is 20.2 Å². The summed E-state index contributed by atoms with van der Waals surface area (Å²) >= 11 is 0. The normalized spacial score (nSPS) is 18.7. The van der Waals surface area contributed by atoms with Gasteiger partial charge in [0.25, 0.3) is 6.02 Å². The summed E-state index contributed by atoms with van der Waals surface area (Å²) in [7, 11) is 0. The Balaban J connectivity index is 1.69. The minimum absolute atomic E-state index is 0.0989. The molecule has 1 aromatic carbocycles. The molecule has 2 N–H and O–H groups in total. The van der Waals surface area contributed by atoms with E-state index in [1.54, 1.807) is 18.6 Å². The minimum Gasteiger partial charge on any atom is -0.462 e. The molecular formula is C25H22N4O2. The smallest absolute Gasteiger partial charge is 0.283 e. The Hall–Kier alpha value is -3.85. The van der Waals surface area contributed by atoms with Gasteiger partial charge in [-0.2, -0.15) is 0 Å². The fraction of sp³-hybridized carbons (Fsp3) is 0.240. The Morgan fingerprint density at radius 2 is 1.94 bits per heavy atom. The average Bonchev–Trinajstić information content (AvgIpc) is 3.15. The first-order chi connectivity index (χ1) is 14.8. The van der Waals surface area contributed by atoms with Crippen molar-refractivity contribution in [3.63, 3.8) is 0 Å². The molecule has 5 rings (SSSR count). The van der Waals surface area contributed by atoms with Crippen molar-refractivity contribution in [2.75, 3.05) is 6.61 Å². The number of nitrogens with zero attached hydrogens (tertiary/aromatic N) is 3. The summed E-state index contributed by atoms with van der Waals surface area (Å²) in [4.78, 5) is 13.5. The second kappa shape index (κ2) is 6.85. The number of nitrogens with two attached hydrogens (primary N) is 1. The summed E-state index contributed by atoms with van der Waals surface area (Å²) in [6.45, 7) is 6.53. The van der Waals surface area contributed by atoms with E-state index < -0.39 is 5.54 Å². The number of aliphatic imine (C=N–C) groups is 1. The molecule has 0 aliphatic carbocycles. The zero-order valence-electron chi connectivity index (χ0n) is 17.6. The van der Waals surface area contributed by atoms with E-state index in [1.165, 1.54) is 0 Å². The lowest BCUT2D eigenvalue weighted by Crippen LogP contribution is -2.31. The molecule has 1 atom stereocenters. The highest BCUT2D eigenvalue weighted by molar-refractivity contribution is 5.77. The Morgan fingerprint density at radius 1 is 1.06 bits per heavy atom. The van der Waals surface area contributed by atoms with Crippen molar-refractivity contribution in [1.82, 2.24) is 9.97 Å². The van der Waals surface area contributed by atoms with Crippen molar-refractivity contribution in [3.05, 3.63) is 71.7 Å². The van der Waals surface area contributed by atoms with E-state index in [-0.39, 0.29) is 18.0 Å². The molecule has 0 amide bonds. The highest BCUT2D eigenvalue weighted by Crippen LogP contribution is 2.50. The highest BCUT2D eigenvalue weighted by Gasteiger charge is 2.47. The molecule has 4 heterocycles. The van der Waals surface area contributed by atoms with E-state index in [0.29, 0.717) is 11.6 Å². The van der Waals surface area contributed by atoms with Crippen molar-refractivity contribution in [2.45, 2.75) is 26.3 Å². The van der Waals surface area contributed by atoms with Crippen LogP contribution in [0.2, 0.25) is 0 Å². The quantitative estimate of drug-likeness (QED) is 0.607. The molecule has 2 aliphatic rings. The van der Waals surface area contributed by atoms with Crippen LogP contribution in [0.25, 0.3) is 11.1 Å². The second-order valence-corrected chi connectivity index (χ2v) is 8.73. The predicted octanol–water partition coefficient (Wildman–Crippen LogP) is 4.24. The van der Waals surface area contributed by atoms with E-state index in [2.05, 4.69) is 42.6 Å². The molecule has 1 spiro atoms.